The molecule has 0 aliphatic rings. The summed E-state index contributed by atoms with van der Waals surface area (Å²) in [5.74, 6) is -3.07. The van der Waals surface area contributed by atoms with E-state index in [0.717, 1.165) is 11.6 Å². The predicted octanol–water partition coefficient (Wildman–Crippen LogP) is 5.16. The van der Waals surface area contributed by atoms with Gasteiger partial charge in [-0.15, -0.1) is 0 Å². The molecule has 0 unspecified atom stereocenters. The molecular formula is C20H13F3O2. The van der Waals surface area contributed by atoms with E-state index >= 15 is 0 Å². The molecule has 0 fully saturated rings. The van der Waals surface area contributed by atoms with Crippen molar-refractivity contribution in [2.24, 2.45) is 0 Å². The van der Waals surface area contributed by atoms with Gasteiger partial charge in [0.25, 0.3) is 0 Å². The lowest BCUT2D eigenvalue weighted by Gasteiger charge is -2.11. The van der Waals surface area contributed by atoms with Crippen LogP contribution in [0.15, 0.2) is 60.7 Å². The summed E-state index contributed by atoms with van der Waals surface area (Å²) in [7, 11) is 0. The van der Waals surface area contributed by atoms with Gasteiger partial charge in [-0.1, -0.05) is 36.4 Å². The molecule has 0 aliphatic carbocycles. The van der Waals surface area contributed by atoms with Gasteiger partial charge in [-0.25, -0.2) is 13.2 Å². The van der Waals surface area contributed by atoms with Crippen molar-refractivity contribution < 1.29 is 22.7 Å². The van der Waals surface area contributed by atoms with Crippen LogP contribution in [0.4, 0.5) is 13.2 Å². The highest BCUT2D eigenvalue weighted by molar-refractivity contribution is 5.82. The van der Waals surface area contributed by atoms with Gasteiger partial charge in [-0.3, -0.25) is 4.79 Å². The Morgan fingerprint density at radius 3 is 2.28 bits per heavy atom. The molecule has 3 rings (SSSR count). The van der Waals surface area contributed by atoms with Gasteiger partial charge in [-0.2, -0.15) is 0 Å². The minimum atomic E-state index is -1.26. The smallest absolute Gasteiger partial charge is 0.161 e. The largest absolute Gasteiger partial charge is 0.488 e. The highest BCUT2D eigenvalue weighted by Crippen LogP contribution is 2.30. The lowest BCUT2D eigenvalue weighted by Crippen LogP contribution is -1.99. The monoisotopic (exact) mass is 342 g/mol. The highest BCUT2D eigenvalue weighted by Gasteiger charge is 2.14. The van der Waals surface area contributed by atoms with Crippen LogP contribution in [-0.2, 0) is 6.61 Å². The van der Waals surface area contributed by atoms with Gasteiger partial charge in [0.15, 0.2) is 17.9 Å². The fourth-order valence-electron chi connectivity index (χ4n) is 2.40. The molecule has 3 aromatic carbocycles. The van der Waals surface area contributed by atoms with Crippen molar-refractivity contribution in [1.29, 1.82) is 0 Å². The van der Waals surface area contributed by atoms with E-state index in [2.05, 4.69) is 0 Å². The second kappa shape index (κ2) is 7.21. The quantitative estimate of drug-likeness (QED) is 0.473. The first kappa shape index (κ1) is 16.8. The number of carbonyl (C=O) groups is 1. The average Bonchev–Trinajstić information content (AvgIpc) is 2.63. The Morgan fingerprint density at radius 1 is 0.840 bits per heavy atom. The third kappa shape index (κ3) is 3.71. The van der Waals surface area contributed by atoms with E-state index in [4.69, 9.17) is 4.74 Å². The Morgan fingerprint density at radius 2 is 1.56 bits per heavy atom. The number of benzene rings is 3. The minimum absolute atomic E-state index is 0.110. The fraction of sp³-hybridized carbons (Fsp3) is 0.0500. The van der Waals surface area contributed by atoms with Crippen LogP contribution in [0.1, 0.15) is 15.9 Å². The number of hydrogen-bond donors (Lipinski definition) is 0. The number of carbonyl (C=O) groups excluding carboxylic acids is 1. The third-order valence-electron chi connectivity index (χ3n) is 3.70. The Bertz CT molecular complexity index is 908. The number of aldehydes is 1. The maximum Gasteiger partial charge on any atom is 0.161 e. The van der Waals surface area contributed by atoms with Gasteiger partial charge >= 0.3 is 0 Å². The second-order valence-electron chi connectivity index (χ2n) is 5.39. The van der Waals surface area contributed by atoms with Gasteiger partial charge in [0.1, 0.15) is 18.2 Å². The molecule has 0 amide bonds. The summed E-state index contributed by atoms with van der Waals surface area (Å²) in [6.07, 6.45) is 0.617. The molecule has 0 N–H and O–H groups in total. The molecule has 0 aliphatic heterocycles. The molecule has 5 heteroatoms. The van der Waals surface area contributed by atoms with Crippen molar-refractivity contribution in [2.75, 3.05) is 0 Å². The first-order chi connectivity index (χ1) is 12.1. The SMILES string of the molecule is O=Cc1ccc(-c2cc(F)c(F)cc2F)cc1OCc1ccccc1. The van der Waals surface area contributed by atoms with Crippen LogP contribution in [0.3, 0.4) is 0 Å². The van der Waals surface area contributed by atoms with Crippen LogP contribution in [0.25, 0.3) is 11.1 Å². The van der Waals surface area contributed by atoms with Crippen molar-refractivity contribution in [3.63, 3.8) is 0 Å². The number of rotatable bonds is 5. The molecule has 0 heterocycles. The lowest BCUT2D eigenvalue weighted by atomic mass is 10.0. The van der Waals surface area contributed by atoms with Crippen molar-refractivity contribution in [3.05, 3.63) is 89.2 Å². The molecular weight excluding hydrogens is 329 g/mol. The highest BCUT2D eigenvalue weighted by atomic mass is 19.2. The van der Waals surface area contributed by atoms with E-state index in [1.54, 1.807) is 0 Å². The van der Waals surface area contributed by atoms with E-state index in [9.17, 15) is 18.0 Å². The average molecular weight is 342 g/mol. The van der Waals surface area contributed by atoms with E-state index in [0.29, 0.717) is 12.4 Å². The van der Waals surface area contributed by atoms with Crippen LogP contribution >= 0.6 is 0 Å². The van der Waals surface area contributed by atoms with Crippen LogP contribution in [0.5, 0.6) is 5.75 Å². The molecule has 25 heavy (non-hydrogen) atoms. The van der Waals surface area contributed by atoms with E-state index in [-0.39, 0.29) is 29.0 Å². The summed E-state index contributed by atoms with van der Waals surface area (Å²) < 4.78 is 46.1. The second-order valence-corrected chi connectivity index (χ2v) is 5.39. The zero-order valence-electron chi connectivity index (χ0n) is 13.0. The van der Waals surface area contributed by atoms with Crippen molar-refractivity contribution in [2.45, 2.75) is 6.61 Å². The fourth-order valence-corrected chi connectivity index (χ4v) is 2.40. The molecule has 0 bridgehead atoms. The molecule has 126 valence electrons. The van der Waals surface area contributed by atoms with Crippen molar-refractivity contribution in [1.82, 2.24) is 0 Å². The van der Waals surface area contributed by atoms with Gasteiger partial charge < -0.3 is 4.74 Å². The Balaban J connectivity index is 1.95. The standard InChI is InChI=1S/C20H13F3O2/c21-17-10-19(23)18(22)9-16(17)14-6-7-15(11-24)20(8-14)25-12-13-4-2-1-3-5-13/h1-11H,12H2. The van der Waals surface area contributed by atoms with Gasteiger partial charge in [0.2, 0.25) is 0 Å². The van der Waals surface area contributed by atoms with Gasteiger partial charge in [0, 0.05) is 11.6 Å². The molecule has 0 atom stereocenters. The summed E-state index contributed by atoms with van der Waals surface area (Å²) in [4.78, 5) is 11.2. The third-order valence-corrected chi connectivity index (χ3v) is 3.70. The van der Waals surface area contributed by atoms with Crippen LogP contribution in [0.2, 0.25) is 0 Å². The van der Waals surface area contributed by atoms with Crippen molar-refractivity contribution in [3.8, 4) is 16.9 Å². The minimum Gasteiger partial charge on any atom is -0.488 e. The van der Waals surface area contributed by atoms with Gasteiger partial charge in [0.05, 0.1) is 5.56 Å². The Labute approximate surface area is 142 Å². The number of halogens is 3. The Hall–Kier alpha value is -3.08. The first-order valence-corrected chi connectivity index (χ1v) is 7.49. The van der Waals surface area contributed by atoms with E-state index in [1.807, 2.05) is 30.3 Å². The topological polar surface area (TPSA) is 26.3 Å². The van der Waals surface area contributed by atoms with Crippen LogP contribution < -0.4 is 4.74 Å². The van der Waals surface area contributed by atoms with Crippen LogP contribution in [0, 0.1) is 17.5 Å². The molecule has 2 nitrogen and oxygen atoms in total. The van der Waals surface area contributed by atoms with E-state index < -0.39 is 17.5 Å². The molecule has 0 spiro atoms. The summed E-state index contributed by atoms with van der Waals surface area (Å²) in [5.41, 5.74) is 1.34. The first-order valence-electron chi connectivity index (χ1n) is 7.49. The van der Waals surface area contributed by atoms with Crippen LogP contribution in [-0.4, -0.2) is 6.29 Å². The zero-order chi connectivity index (χ0) is 17.8. The predicted molar refractivity (Wildman–Crippen MR) is 87.9 cm³/mol. The summed E-state index contributed by atoms with van der Waals surface area (Å²) >= 11 is 0. The normalized spacial score (nSPS) is 10.5. The summed E-state index contributed by atoms with van der Waals surface area (Å²) in [5, 5.41) is 0. The molecule has 0 radical (unpaired) electrons. The summed E-state index contributed by atoms with van der Waals surface area (Å²) in [6, 6.07) is 14.9. The number of ether oxygens (including phenoxy) is 1. The Kier molecular flexibility index (Phi) is 4.84. The van der Waals surface area contributed by atoms with Gasteiger partial charge in [-0.05, 0) is 29.3 Å². The molecule has 0 aromatic heterocycles. The molecule has 3 aromatic rings. The maximum atomic E-state index is 14.0. The number of hydrogen-bond acceptors (Lipinski definition) is 2. The summed E-state index contributed by atoms with van der Waals surface area (Å²) in [6.45, 7) is 0.214. The molecule has 0 saturated carbocycles. The van der Waals surface area contributed by atoms with E-state index in [1.165, 1.54) is 18.2 Å². The maximum absolute atomic E-state index is 14.0. The molecule has 0 saturated heterocycles. The zero-order valence-corrected chi connectivity index (χ0v) is 13.0. The van der Waals surface area contributed by atoms with Crippen molar-refractivity contribution >= 4 is 6.29 Å². The lowest BCUT2D eigenvalue weighted by molar-refractivity contribution is 0.111.